The highest BCUT2D eigenvalue weighted by atomic mass is 19.1. The van der Waals surface area contributed by atoms with Gasteiger partial charge in [0.25, 0.3) is 11.8 Å². The summed E-state index contributed by atoms with van der Waals surface area (Å²) in [7, 11) is 0. The molecule has 1 aromatic rings. The van der Waals surface area contributed by atoms with Gasteiger partial charge in [0.15, 0.2) is 0 Å². The fourth-order valence-electron chi connectivity index (χ4n) is 1.82. The van der Waals surface area contributed by atoms with Gasteiger partial charge in [0.2, 0.25) is 0 Å². The lowest BCUT2D eigenvalue weighted by atomic mass is 10.1. The predicted molar refractivity (Wildman–Crippen MR) is 56.7 cm³/mol. The molecule has 0 fully saturated rings. The van der Waals surface area contributed by atoms with Crippen LogP contribution in [0, 0.1) is 5.82 Å². The Kier molecular flexibility index (Phi) is 2.12. The van der Waals surface area contributed by atoms with Crippen LogP contribution in [0.2, 0.25) is 0 Å². The topological polar surface area (TPSA) is 37.4 Å². The first-order chi connectivity index (χ1) is 7.32. The second-order valence-electron chi connectivity index (χ2n) is 4.81. The van der Waals surface area contributed by atoms with Crippen molar-refractivity contribution in [3.05, 3.63) is 35.1 Å². The van der Waals surface area contributed by atoms with Crippen molar-refractivity contribution in [1.82, 2.24) is 4.90 Å². The molecule has 2 rings (SSSR count). The first-order valence-corrected chi connectivity index (χ1v) is 5.01. The standard InChI is InChI=1S/C12H12FNO2/c1-12(2,3)14-10(15)8-5-4-7(13)6-9(8)11(14)16/h4-6H,1-3H3. The molecule has 0 aliphatic carbocycles. The monoisotopic (exact) mass is 221 g/mol. The van der Waals surface area contributed by atoms with Crippen LogP contribution in [0.5, 0.6) is 0 Å². The van der Waals surface area contributed by atoms with Gasteiger partial charge in [0.1, 0.15) is 5.82 Å². The van der Waals surface area contributed by atoms with E-state index in [1.807, 2.05) is 0 Å². The molecule has 2 amide bonds. The normalized spacial score (nSPS) is 15.6. The zero-order valence-corrected chi connectivity index (χ0v) is 9.37. The Balaban J connectivity index is 2.57. The van der Waals surface area contributed by atoms with Crippen LogP contribution in [0.25, 0.3) is 0 Å². The van der Waals surface area contributed by atoms with E-state index in [9.17, 15) is 14.0 Å². The summed E-state index contributed by atoms with van der Waals surface area (Å²) >= 11 is 0. The summed E-state index contributed by atoms with van der Waals surface area (Å²) in [5, 5.41) is 0. The molecule has 16 heavy (non-hydrogen) atoms. The Morgan fingerprint density at radius 1 is 1.06 bits per heavy atom. The van der Waals surface area contributed by atoms with Crippen molar-refractivity contribution in [3.63, 3.8) is 0 Å². The SMILES string of the molecule is CC(C)(C)N1C(=O)c2ccc(F)cc2C1=O. The molecule has 1 aliphatic heterocycles. The summed E-state index contributed by atoms with van der Waals surface area (Å²) in [6.45, 7) is 5.31. The maximum Gasteiger partial charge on any atom is 0.262 e. The fourth-order valence-corrected chi connectivity index (χ4v) is 1.82. The van der Waals surface area contributed by atoms with Crippen molar-refractivity contribution in [3.8, 4) is 0 Å². The van der Waals surface area contributed by atoms with Crippen molar-refractivity contribution in [2.45, 2.75) is 26.3 Å². The summed E-state index contributed by atoms with van der Waals surface area (Å²) in [4.78, 5) is 25.1. The van der Waals surface area contributed by atoms with Gasteiger partial charge in [0, 0.05) is 5.54 Å². The van der Waals surface area contributed by atoms with Crippen LogP contribution < -0.4 is 0 Å². The highest BCUT2D eigenvalue weighted by Gasteiger charge is 2.41. The average molecular weight is 221 g/mol. The van der Waals surface area contributed by atoms with Gasteiger partial charge in [0.05, 0.1) is 11.1 Å². The quantitative estimate of drug-likeness (QED) is 0.630. The van der Waals surface area contributed by atoms with Gasteiger partial charge in [-0.1, -0.05) is 0 Å². The minimum absolute atomic E-state index is 0.153. The van der Waals surface area contributed by atoms with E-state index in [1.165, 1.54) is 12.1 Å². The van der Waals surface area contributed by atoms with Crippen molar-refractivity contribution in [1.29, 1.82) is 0 Å². The number of halogens is 1. The van der Waals surface area contributed by atoms with Gasteiger partial charge in [-0.25, -0.2) is 4.39 Å². The number of nitrogens with zero attached hydrogens (tertiary/aromatic N) is 1. The molecule has 84 valence electrons. The van der Waals surface area contributed by atoms with Crippen LogP contribution in [0.3, 0.4) is 0 Å². The van der Waals surface area contributed by atoms with Crippen molar-refractivity contribution >= 4 is 11.8 Å². The first-order valence-electron chi connectivity index (χ1n) is 5.01. The van der Waals surface area contributed by atoms with E-state index >= 15 is 0 Å². The molecule has 0 atom stereocenters. The van der Waals surface area contributed by atoms with Gasteiger partial charge < -0.3 is 0 Å². The van der Waals surface area contributed by atoms with Crippen molar-refractivity contribution in [2.24, 2.45) is 0 Å². The number of fused-ring (bicyclic) bond motifs is 1. The second-order valence-corrected chi connectivity index (χ2v) is 4.81. The lowest BCUT2D eigenvalue weighted by molar-refractivity contribution is 0.0507. The molecule has 1 aromatic carbocycles. The average Bonchev–Trinajstić information content (AvgIpc) is 2.38. The molecular weight excluding hydrogens is 209 g/mol. The van der Waals surface area contributed by atoms with Crippen molar-refractivity contribution < 1.29 is 14.0 Å². The Labute approximate surface area is 92.9 Å². The minimum Gasteiger partial charge on any atom is -0.269 e. The third-order valence-electron chi connectivity index (χ3n) is 2.52. The van der Waals surface area contributed by atoms with E-state index < -0.39 is 17.3 Å². The minimum atomic E-state index is -0.594. The van der Waals surface area contributed by atoms with E-state index in [-0.39, 0.29) is 17.0 Å². The molecule has 0 unspecified atom stereocenters. The van der Waals surface area contributed by atoms with Gasteiger partial charge in [-0.2, -0.15) is 0 Å². The number of carbonyl (C=O) groups is 2. The fraction of sp³-hybridized carbons (Fsp3) is 0.333. The number of hydrogen-bond acceptors (Lipinski definition) is 2. The lowest BCUT2D eigenvalue weighted by Crippen LogP contribution is -2.45. The van der Waals surface area contributed by atoms with E-state index in [1.54, 1.807) is 20.8 Å². The highest BCUT2D eigenvalue weighted by Crippen LogP contribution is 2.29. The molecule has 0 spiro atoms. The zero-order valence-electron chi connectivity index (χ0n) is 9.37. The molecular formula is C12H12FNO2. The van der Waals surface area contributed by atoms with Gasteiger partial charge in [-0.3, -0.25) is 14.5 Å². The van der Waals surface area contributed by atoms with E-state index in [4.69, 9.17) is 0 Å². The summed E-state index contributed by atoms with van der Waals surface area (Å²) in [6, 6.07) is 3.66. The van der Waals surface area contributed by atoms with Crippen LogP contribution in [-0.4, -0.2) is 22.3 Å². The van der Waals surface area contributed by atoms with Crippen LogP contribution in [0.1, 0.15) is 41.5 Å². The first kappa shape index (κ1) is 10.8. The summed E-state index contributed by atoms with van der Waals surface area (Å²) in [6.07, 6.45) is 0. The summed E-state index contributed by atoms with van der Waals surface area (Å²) in [5.41, 5.74) is -0.162. The van der Waals surface area contributed by atoms with Crippen LogP contribution in [0.15, 0.2) is 18.2 Å². The van der Waals surface area contributed by atoms with E-state index in [0.29, 0.717) is 0 Å². The maximum atomic E-state index is 13.0. The summed E-state index contributed by atoms with van der Waals surface area (Å²) < 4.78 is 13.0. The van der Waals surface area contributed by atoms with Crippen molar-refractivity contribution in [2.75, 3.05) is 0 Å². The highest BCUT2D eigenvalue weighted by molar-refractivity contribution is 6.21. The second kappa shape index (κ2) is 3.14. The van der Waals surface area contributed by atoms with Gasteiger partial charge in [-0.15, -0.1) is 0 Å². The third kappa shape index (κ3) is 1.41. The predicted octanol–water partition coefficient (Wildman–Crippen LogP) is 2.22. The molecule has 1 aliphatic rings. The largest absolute Gasteiger partial charge is 0.269 e. The van der Waals surface area contributed by atoms with Crippen LogP contribution in [-0.2, 0) is 0 Å². The zero-order chi connectivity index (χ0) is 12.1. The molecule has 3 nitrogen and oxygen atoms in total. The molecule has 0 radical (unpaired) electrons. The molecule has 0 saturated carbocycles. The molecule has 1 heterocycles. The number of amides is 2. The number of carbonyl (C=O) groups excluding carboxylic acids is 2. The van der Waals surface area contributed by atoms with E-state index in [2.05, 4.69) is 0 Å². The number of rotatable bonds is 0. The Morgan fingerprint density at radius 2 is 1.62 bits per heavy atom. The molecule has 4 heteroatoms. The van der Waals surface area contributed by atoms with Crippen LogP contribution in [0.4, 0.5) is 4.39 Å². The molecule has 0 N–H and O–H groups in total. The lowest BCUT2D eigenvalue weighted by Gasteiger charge is -2.29. The Bertz CT molecular complexity index is 488. The Hall–Kier alpha value is -1.71. The Morgan fingerprint density at radius 3 is 2.19 bits per heavy atom. The molecule has 0 saturated heterocycles. The summed E-state index contributed by atoms with van der Waals surface area (Å²) in [5.74, 6) is -1.28. The number of benzene rings is 1. The number of imide groups is 1. The number of hydrogen-bond donors (Lipinski definition) is 0. The van der Waals surface area contributed by atoms with Gasteiger partial charge in [-0.05, 0) is 39.0 Å². The smallest absolute Gasteiger partial charge is 0.262 e. The van der Waals surface area contributed by atoms with Gasteiger partial charge >= 0.3 is 0 Å². The maximum absolute atomic E-state index is 13.0. The third-order valence-corrected chi connectivity index (χ3v) is 2.52. The van der Waals surface area contributed by atoms with Crippen LogP contribution >= 0.6 is 0 Å². The molecule has 0 aromatic heterocycles. The van der Waals surface area contributed by atoms with E-state index in [0.717, 1.165) is 11.0 Å². The molecule has 0 bridgehead atoms.